The van der Waals surface area contributed by atoms with E-state index in [0.717, 1.165) is 42.6 Å². The average Bonchev–Trinajstić information content (AvgIpc) is 3.71. The quantitative estimate of drug-likeness (QED) is 0.109. The number of benzene rings is 2. The first kappa shape index (κ1) is 43.9. The summed E-state index contributed by atoms with van der Waals surface area (Å²) in [5.41, 5.74) is 3.68. The van der Waals surface area contributed by atoms with E-state index in [1.807, 2.05) is 68.4 Å². The number of carboxylic acids is 2. The second kappa shape index (κ2) is 20.1. The van der Waals surface area contributed by atoms with Gasteiger partial charge >= 0.3 is 24.3 Å². The molecular formula is C35H41F6N5O7. The lowest BCUT2D eigenvalue weighted by atomic mass is 10.0. The SMILES string of the molecule is CCC(=O)CCCCC[C@H](NC(=O)c1cccc2c1C(=O)N(CCN(C)C)C2)c1ncc(-c2ccccc2)[nH]1.O=C(O)C(F)(F)F.O=C(O)C(F)(F)F. The van der Waals surface area contributed by atoms with Crippen LogP contribution in [0.3, 0.4) is 0 Å². The summed E-state index contributed by atoms with van der Waals surface area (Å²) in [4.78, 5) is 68.2. The first-order valence-electron chi connectivity index (χ1n) is 16.3. The van der Waals surface area contributed by atoms with Gasteiger partial charge in [0, 0.05) is 32.5 Å². The molecule has 0 saturated heterocycles. The van der Waals surface area contributed by atoms with Gasteiger partial charge in [-0.05, 0) is 44.1 Å². The van der Waals surface area contributed by atoms with Crippen molar-refractivity contribution in [3.05, 3.63) is 77.2 Å². The van der Waals surface area contributed by atoms with Gasteiger partial charge in [-0.25, -0.2) is 14.6 Å². The molecule has 0 aliphatic carbocycles. The molecule has 53 heavy (non-hydrogen) atoms. The average molecular weight is 758 g/mol. The number of amides is 2. The molecular weight excluding hydrogens is 716 g/mol. The van der Waals surface area contributed by atoms with Crippen LogP contribution in [0.2, 0.25) is 0 Å². The number of likely N-dealkylation sites (N-methyl/N-ethyl adjacent to an activating group) is 1. The smallest absolute Gasteiger partial charge is 0.475 e. The van der Waals surface area contributed by atoms with Crippen LogP contribution in [0.15, 0.2) is 54.7 Å². The van der Waals surface area contributed by atoms with E-state index >= 15 is 0 Å². The summed E-state index contributed by atoms with van der Waals surface area (Å²) < 4.78 is 63.5. The molecule has 290 valence electrons. The Balaban J connectivity index is 0.000000587. The lowest BCUT2D eigenvalue weighted by Crippen LogP contribution is -2.33. The Morgan fingerprint density at radius 3 is 2.08 bits per heavy atom. The van der Waals surface area contributed by atoms with Gasteiger partial charge in [0.2, 0.25) is 0 Å². The van der Waals surface area contributed by atoms with Crippen molar-refractivity contribution in [3.63, 3.8) is 0 Å². The number of nitrogens with one attached hydrogen (secondary N) is 2. The molecule has 0 unspecified atom stereocenters. The molecule has 0 fully saturated rings. The standard InChI is InChI=1S/C31H39N5O3.2C2HF3O2/c1-4-24(37)15-9-6-10-17-26(29-32-20-27(33-29)22-12-7-5-8-13-22)34-30(38)25-16-11-14-23-21-36(19-18-35(2)3)31(39)28(23)25;2*3-2(4,5)1(6)7/h5,7-8,11-14,16,20,26H,4,6,9-10,15,17-19,21H2,1-3H3,(H,32,33)(H,34,38);2*(H,6,7)/t26-;;/m0../s1. The molecule has 18 heteroatoms. The summed E-state index contributed by atoms with van der Waals surface area (Å²) in [5, 5.41) is 17.4. The zero-order chi connectivity index (χ0) is 39.9. The van der Waals surface area contributed by atoms with E-state index < -0.39 is 24.3 Å². The molecule has 2 aromatic carbocycles. The number of carboxylic acid groups (broad SMARTS) is 2. The second-order valence-corrected chi connectivity index (χ2v) is 12.0. The zero-order valence-corrected chi connectivity index (χ0v) is 29.2. The van der Waals surface area contributed by atoms with Crippen molar-refractivity contribution in [3.8, 4) is 11.3 Å². The molecule has 4 N–H and O–H groups in total. The van der Waals surface area contributed by atoms with Crippen LogP contribution in [-0.4, -0.2) is 99.1 Å². The summed E-state index contributed by atoms with van der Waals surface area (Å²) in [6, 6.07) is 15.1. The van der Waals surface area contributed by atoms with E-state index in [2.05, 4.69) is 15.3 Å². The molecule has 12 nitrogen and oxygen atoms in total. The summed E-state index contributed by atoms with van der Waals surface area (Å²) in [7, 11) is 3.96. The summed E-state index contributed by atoms with van der Waals surface area (Å²) in [6.07, 6.45) is -3.97. The molecule has 2 amide bonds. The number of aromatic amines is 1. The third-order valence-corrected chi connectivity index (χ3v) is 7.72. The maximum absolute atomic E-state index is 13.6. The number of ketones is 1. The van der Waals surface area contributed by atoms with Crippen molar-refractivity contribution in [2.24, 2.45) is 0 Å². The van der Waals surface area contributed by atoms with Gasteiger partial charge in [0.1, 0.15) is 11.6 Å². The van der Waals surface area contributed by atoms with E-state index in [4.69, 9.17) is 19.8 Å². The highest BCUT2D eigenvalue weighted by Crippen LogP contribution is 2.28. The minimum atomic E-state index is -5.08. The lowest BCUT2D eigenvalue weighted by molar-refractivity contribution is -0.193. The highest BCUT2D eigenvalue weighted by atomic mass is 19.4. The Labute approximate surface area is 301 Å². The number of carbonyl (C=O) groups excluding carboxylic acids is 3. The number of Topliss-reactive ketones (excluding diaryl/α,β-unsaturated/α-hetero) is 1. The lowest BCUT2D eigenvalue weighted by Gasteiger charge is -2.19. The maximum atomic E-state index is 13.6. The fourth-order valence-electron chi connectivity index (χ4n) is 4.93. The van der Waals surface area contributed by atoms with Gasteiger partial charge in [-0.15, -0.1) is 0 Å². The van der Waals surface area contributed by atoms with Crippen LogP contribution in [0.25, 0.3) is 11.3 Å². The number of aliphatic carboxylic acids is 2. The number of unbranched alkanes of at least 4 members (excludes halogenated alkanes) is 2. The summed E-state index contributed by atoms with van der Waals surface area (Å²) >= 11 is 0. The van der Waals surface area contributed by atoms with E-state index in [-0.39, 0.29) is 23.6 Å². The van der Waals surface area contributed by atoms with E-state index in [9.17, 15) is 40.7 Å². The molecule has 3 aromatic rings. The first-order chi connectivity index (χ1) is 24.8. The Hall–Kier alpha value is -5.26. The van der Waals surface area contributed by atoms with Crippen LogP contribution in [0.5, 0.6) is 0 Å². The van der Waals surface area contributed by atoms with Gasteiger partial charge in [-0.1, -0.05) is 62.2 Å². The van der Waals surface area contributed by atoms with Crippen molar-refractivity contribution in [2.45, 2.75) is 70.4 Å². The van der Waals surface area contributed by atoms with E-state index in [1.54, 1.807) is 17.2 Å². The first-order valence-corrected chi connectivity index (χ1v) is 16.3. The minimum Gasteiger partial charge on any atom is -0.475 e. The third-order valence-electron chi connectivity index (χ3n) is 7.72. The number of hydrogen-bond acceptors (Lipinski definition) is 7. The highest BCUT2D eigenvalue weighted by molar-refractivity contribution is 6.09. The number of carbonyl (C=O) groups is 5. The number of alkyl halides is 6. The summed E-state index contributed by atoms with van der Waals surface area (Å²) in [5.74, 6) is -4.93. The maximum Gasteiger partial charge on any atom is 0.490 e. The Morgan fingerprint density at radius 1 is 0.925 bits per heavy atom. The van der Waals surface area contributed by atoms with Gasteiger partial charge in [0.05, 0.1) is 29.1 Å². The van der Waals surface area contributed by atoms with Gasteiger partial charge in [-0.2, -0.15) is 26.3 Å². The summed E-state index contributed by atoms with van der Waals surface area (Å²) in [6.45, 7) is 3.78. The molecule has 1 aromatic heterocycles. The fraction of sp³-hybridized carbons (Fsp3) is 0.429. The highest BCUT2D eigenvalue weighted by Gasteiger charge is 2.39. The molecule has 0 bridgehead atoms. The number of rotatable bonds is 14. The number of hydrogen-bond donors (Lipinski definition) is 4. The van der Waals surface area contributed by atoms with Gasteiger partial charge < -0.3 is 30.3 Å². The van der Waals surface area contributed by atoms with Crippen molar-refractivity contribution >= 4 is 29.5 Å². The monoisotopic (exact) mass is 757 g/mol. The molecule has 0 saturated carbocycles. The number of fused-ring (bicyclic) bond motifs is 1. The van der Waals surface area contributed by atoms with E-state index in [1.165, 1.54) is 0 Å². The Morgan fingerprint density at radius 2 is 1.53 bits per heavy atom. The third kappa shape index (κ3) is 14.4. The van der Waals surface area contributed by atoms with Crippen molar-refractivity contribution < 1.29 is 60.5 Å². The van der Waals surface area contributed by atoms with Crippen LogP contribution < -0.4 is 5.32 Å². The predicted molar refractivity (Wildman–Crippen MR) is 180 cm³/mol. The number of halogens is 6. The second-order valence-electron chi connectivity index (χ2n) is 12.0. The van der Waals surface area contributed by atoms with Gasteiger partial charge in [0.15, 0.2) is 0 Å². The van der Waals surface area contributed by atoms with Crippen LogP contribution in [-0.2, 0) is 20.9 Å². The van der Waals surface area contributed by atoms with Crippen LogP contribution in [0, 0.1) is 0 Å². The predicted octanol–water partition coefficient (Wildman–Crippen LogP) is 6.26. The van der Waals surface area contributed by atoms with Crippen LogP contribution in [0.1, 0.15) is 83.6 Å². The molecule has 1 atom stereocenters. The molecule has 0 spiro atoms. The normalized spacial score (nSPS) is 12.9. The number of aromatic nitrogens is 2. The molecule has 1 aliphatic heterocycles. The topological polar surface area (TPSA) is 173 Å². The van der Waals surface area contributed by atoms with Gasteiger partial charge in [-0.3, -0.25) is 14.4 Å². The Bertz CT molecular complexity index is 1670. The molecule has 4 rings (SSSR count). The van der Waals surface area contributed by atoms with Crippen molar-refractivity contribution in [1.82, 2.24) is 25.1 Å². The molecule has 1 aliphatic rings. The van der Waals surface area contributed by atoms with Crippen LogP contribution in [0.4, 0.5) is 26.3 Å². The zero-order valence-electron chi connectivity index (χ0n) is 29.2. The fourth-order valence-corrected chi connectivity index (χ4v) is 4.93. The number of H-pyrrole nitrogens is 1. The molecule has 2 heterocycles. The van der Waals surface area contributed by atoms with Crippen molar-refractivity contribution in [2.75, 3.05) is 27.2 Å². The Kier molecular flexibility index (Phi) is 16.7. The largest absolute Gasteiger partial charge is 0.490 e. The number of nitrogens with zero attached hydrogens (tertiary/aromatic N) is 3. The molecule has 0 radical (unpaired) electrons. The van der Waals surface area contributed by atoms with Crippen LogP contribution >= 0.6 is 0 Å². The van der Waals surface area contributed by atoms with E-state index in [0.29, 0.717) is 49.3 Å². The number of imidazole rings is 1. The van der Waals surface area contributed by atoms with Gasteiger partial charge in [0.25, 0.3) is 11.8 Å². The van der Waals surface area contributed by atoms with Crippen molar-refractivity contribution in [1.29, 1.82) is 0 Å². The minimum absolute atomic E-state index is 0.0981.